The van der Waals surface area contributed by atoms with Gasteiger partial charge in [-0.15, -0.1) is 0 Å². The zero-order valence-corrected chi connectivity index (χ0v) is 33.8. The minimum absolute atomic E-state index is 0.248. The van der Waals surface area contributed by atoms with Gasteiger partial charge in [0.25, 0.3) is 0 Å². The van der Waals surface area contributed by atoms with Crippen molar-refractivity contribution in [2.45, 2.75) is 63.2 Å². The Morgan fingerprint density at radius 1 is 0.424 bits per heavy atom. The lowest BCUT2D eigenvalue weighted by Gasteiger charge is -2.57. The SMILES string of the molecule is CC1(C)c2ccccc2-c2cc(-c3ccc(C45CC6CC(CC(C6)C4)C5)cc3)cc(-c3nc(-c4ccccc4)nc(-c4ccc(-c5cccc6ccccc56)cc4)n3)c21. The van der Waals surface area contributed by atoms with Crippen molar-refractivity contribution in [3.05, 3.63) is 174 Å². The molecule has 13 rings (SSSR count). The number of nitrogens with zero attached hydrogens (tertiary/aromatic N) is 3. The van der Waals surface area contributed by atoms with Crippen molar-refractivity contribution in [3.63, 3.8) is 0 Å². The maximum Gasteiger partial charge on any atom is 0.164 e. The van der Waals surface area contributed by atoms with Gasteiger partial charge in [0, 0.05) is 22.1 Å². The van der Waals surface area contributed by atoms with Gasteiger partial charge in [0.15, 0.2) is 17.5 Å². The average Bonchev–Trinajstić information content (AvgIpc) is 3.51. The molecule has 4 saturated carbocycles. The summed E-state index contributed by atoms with van der Waals surface area (Å²) in [6, 6.07) is 57.7. The summed E-state index contributed by atoms with van der Waals surface area (Å²) in [5.74, 6) is 4.84. The molecule has 0 radical (unpaired) electrons. The van der Waals surface area contributed by atoms with E-state index in [-0.39, 0.29) is 5.41 Å². The fraction of sp³-hybridized carbons (Fsp3) is 0.232. The average molecular weight is 762 g/mol. The van der Waals surface area contributed by atoms with Gasteiger partial charge in [0.05, 0.1) is 0 Å². The normalized spacial score (nSPS) is 22.0. The first-order chi connectivity index (χ1) is 28.9. The predicted molar refractivity (Wildman–Crippen MR) is 242 cm³/mol. The fourth-order valence-electron chi connectivity index (χ4n) is 12.4. The van der Waals surface area contributed by atoms with Crippen LogP contribution in [0, 0.1) is 17.8 Å². The second-order valence-corrected chi connectivity index (χ2v) is 18.7. The highest BCUT2D eigenvalue weighted by molar-refractivity contribution is 5.97. The molecule has 4 fully saturated rings. The van der Waals surface area contributed by atoms with Crippen molar-refractivity contribution in [2.24, 2.45) is 17.8 Å². The minimum atomic E-state index is -0.248. The minimum Gasteiger partial charge on any atom is -0.208 e. The Labute approximate surface area is 347 Å². The van der Waals surface area contributed by atoms with Crippen molar-refractivity contribution in [3.8, 4) is 67.5 Å². The molecule has 0 amide bonds. The summed E-state index contributed by atoms with van der Waals surface area (Å²) in [4.78, 5) is 15.9. The van der Waals surface area contributed by atoms with E-state index in [9.17, 15) is 0 Å². The number of hydrogen-bond donors (Lipinski definition) is 0. The van der Waals surface area contributed by atoms with Crippen LogP contribution in [0.4, 0.5) is 0 Å². The number of aromatic nitrogens is 3. The smallest absolute Gasteiger partial charge is 0.164 e. The molecular weight excluding hydrogens is 715 g/mol. The van der Waals surface area contributed by atoms with Crippen LogP contribution in [0.1, 0.15) is 69.1 Å². The third kappa shape index (κ3) is 5.65. The van der Waals surface area contributed by atoms with E-state index in [0.29, 0.717) is 22.9 Å². The van der Waals surface area contributed by atoms with Gasteiger partial charge in [0.1, 0.15) is 0 Å². The van der Waals surface area contributed by atoms with Crippen LogP contribution in [0.5, 0.6) is 0 Å². The fourth-order valence-corrected chi connectivity index (χ4v) is 12.4. The molecule has 3 heteroatoms. The number of rotatable bonds is 6. The third-order valence-corrected chi connectivity index (χ3v) is 14.7. The molecule has 0 aliphatic heterocycles. The van der Waals surface area contributed by atoms with Gasteiger partial charge < -0.3 is 0 Å². The lowest BCUT2D eigenvalue weighted by molar-refractivity contribution is -0.00518. The van der Waals surface area contributed by atoms with E-state index in [1.165, 1.54) is 93.8 Å². The molecule has 0 atom stereocenters. The number of hydrogen-bond acceptors (Lipinski definition) is 3. The topological polar surface area (TPSA) is 38.7 Å². The molecule has 4 bridgehead atoms. The van der Waals surface area contributed by atoms with Crippen LogP contribution in [-0.2, 0) is 10.8 Å². The van der Waals surface area contributed by atoms with E-state index in [1.54, 1.807) is 5.56 Å². The van der Waals surface area contributed by atoms with Crippen LogP contribution < -0.4 is 0 Å². The molecule has 5 aliphatic carbocycles. The zero-order valence-electron chi connectivity index (χ0n) is 33.8. The molecular formula is C56H47N3. The highest BCUT2D eigenvalue weighted by atomic mass is 15.0. The standard InChI is InChI=1S/C56H47N3/c1-55(2)50-18-9-8-16-47(50)48-30-43(38-23-25-44(26-24-38)56-32-35-27-36(33-56)29-37(28-35)34-56)31-49(51(48)55)54-58-52(41-12-4-3-5-13-41)57-53(59-54)42-21-19-40(20-22-42)46-17-10-14-39-11-6-7-15-45(39)46/h3-26,30-31,35-37H,27-29,32-34H2,1-2H3. The third-order valence-electron chi connectivity index (χ3n) is 14.7. The lowest BCUT2D eigenvalue weighted by Crippen LogP contribution is -2.48. The van der Waals surface area contributed by atoms with E-state index in [2.05, 4.69) is 166 Å². The van der Waals surface area contributed by atoms with Gasteiger partial charge in [-0.25, -0.2) is 15.0 Å². The molecule has 1 heterocycles. The van der Waals surface area contributed by atoms with Gasteiger partial charge >= 0.3 is 0 Å². The van der Waals surface area contributed by atoms with Crippen LogP contribution in [0.25, 0.3) is 78.3 Å². The van der Waals surface area contributed by atoms with E-state index in [1.807, 2.05) is 6.07 Å². The van der Waals surface area contributed by atoms with Gasteiger partial charge in [0.2, 0.25) is 0 Å². The summed E-state index contributed by atoms with van der Waals surface area (Å²) in [5, 5.41) is 2.48. The molecule has 0 N–H and O–H groups in total. The molecule has 3 nitrogen and oxygen atoms in total. The molecule has 0 saturated heterocycles. The number of fused-ring (bicyclic) bond motifs is 4. The Balaban J connectivity index is 1.01. The van der Waals surface area contributed by atoms with Gasteiger partial charge in [-0.2, -0.15) is 0 Å². The van der Waals surface area contributed by atoms with E-state index >= 15 is 0 Å². The van der Waals surface area contributed by atoms with Crippen LogP contribution in [0.3, 0.4) is 0 Å². The van der Waals surface area contributed by atoms with Gasteiger partial charge in [-0.3, -0.25) is 0 Å². The summed E-state index contributed by atoms with van der Waals surface area (Å²) >= 11 is 0. The highest BCUT2D eigenvalue weighted by Crippen LogP contribution is 2.61. The lowest BCUT2D eigenvalue weighted by atomic mass is 9.48. The Hall–Kier alpha value is -6.19. The van der Waals surface area contributed by atoms with Crippen molar-refractivity contribution in [1.82, 2.24) is 15.0 Å². The summed E-state index contributed by atoms with van der Waals surface area (Å²) in [6.07, 6.45) is 8.54. The molecule has 59 heavy (non-hydrogen) atoms. The summed E-state index contributed by atoms with van der Waals surface area (Å²) in [5.41, 5.74) is 14.7. The first-order valence-corrected chi connectivity index (χ1v) is 21.7. The maximum atomic E-state index is 5.39. The molecule has 8 aromatic rings. The molecule has 0 spiro atoms. The maximum absolute atomic E-state index is 5.39. The first kappa shape index (κ1) is 34.8. The quantitative estimate of drug-likeness (QED) is 0.169. The number of benzene rings is 7. The predicted octanol–water partition coefficient (Wildman–Crippen LogP) is 14.1. The van der Waals surface area contributed by atoms with Crippen LogP contribution >= 0.6 is 0 Å². The van der Waals surface area contributed by atoms with Crippen molar-refractivity contribution < 1.29 is 0 Å². The molecule has 7 aromatic carbocycles. The van der Waals surface area contributed by atoms with Crippen molar-refractivity contribution in [2.75, 3.05) is 0 Å². The Morgan fingerprint density at radius 3 is 1.69 bits per heavy atom. The summed E-state index contributed by atoms with van der Waals surface area (Å²) < 4.78 is 0. The second-order valence-electron chi connectivity index (χ2n) is 18.7. The first-order valence-electron chi connectivity index (χ1n) is 21.7. The highest BCUT2D eigenvalue weighted by Gasteiger charge is 2.51. The van der Waals surface area contributed by atoms with Gasteiger partial charge in [-0.05, 0) is 135 Å². The molecule has 0 unspecified atom stereocenters. The van der Waals surface area contributed by atoms with E-state index < -0.39 is 0 Å². The molecule has 1 aromatic heterocycles. The molecule has 5 aliphatic rings. The Bertz CT molecular complexity index is 2880. The van der Waals surface area contributed by atoms with Crippen LogP contribution in [-0.4, -0.2) is 15.0 Å². The second kappa shape index (κ2) is 13.2. The van der Waals surface area contributed by atoms with Crippen molar-refractivity contribution >= 4 is 10.8 Å². The molecule has 286 valence electrons. The summed E-state index contributed by atoms with van der Waals surface area (Å²) in [7, 11) is 0. The largest absolute Gasteiger partial charge is 0.208 e. The van der Waals surface area contributed by atoms with Crippen LogP contribution in [0.15, 0.2) is 158 Å². The summed E-state index contributed by atoms with van der Waals surface area (Å²) in [6.45, 7) is 4.71. The zero-order chi connectivity index (χ0) is 39.3. The van der Waals surface area contributed by atoms with Crippen molar-refractivity contribution in [1.29, 1.82) is 0 Å². The monoisotopic (exact) mass is 761 g/mol. The Morgan fingerprint density at radius 2 is 0.966 bits per heavy atom. The van der Waals surface area contributed by atoms with E-state index in [0.717, 1.165) is 34.4 Å². The van der Waals surface area contributed by atoms with Gasteiger partial charge in [-0.1, -0.05) is 159 Å². The Kier molecular flexibility index (Phi) is 7.77. The van der Waals surface area contributed by atoms with Crippen LogP contribution in [0.2, 0.25) is 0 Å². The van der Waals surface area contributed by atoms with E-state index in [4.69, 9.17) is 15.0 Å².